The zero-order chi connectivity index (χ0) is 21.8. The highest BCUT2D eigenvalue weighted by Crippen LogP contribution is 2.15. The number of nitrogens with zero attached hydrogens (tertiary/aromatic N) is 2. The minimum Gasteiger partial charge on any atom is -0.494 e. The number of ether oxygens (including phenoxy) is 4. The maximum absolute atomic E-state index is 13.0. The van der Waals surface area contributed by atoms with E-state index in [2.05, 4.69) is 0 Å². The third kappa shape index (κ3) is 6.81. The second kappa shape index (κ2) is 13.0. The predicted molar refractivity (Wildman–Crippen MR) is 111 cm³/mol. The number of aromatic nitrogens is 2. The van der Waals surface area contributed by atoms with Gasteiger partial charge < -0.3 is 24.1 Å². The fourth-order valence-electron chi connectivity index (χ4n) is 2.90. The standard InChI is InChI=1S/C21H30N2O7/c1-27-12-14-29-10-8-22-19(24)18(16-17-6-4-3-5-7-17)20(25)23(21(22)26)9-11-30-15-13-28-2/h3-7,24H,8-16H2,1-2H3. The van der Waals surface area contributed by atoms with Crippen molar-refractivity contribution >= 4 is 0 Å². The molecule has 0 amide bonds. The highest BCUT2D eigenvalue weighted by molar-refractivity contribution is 5.30. The summed E-state index contributed by atoms with van der Waals surface area (Å²) in [7, 11) is 3.14. The second-order valence-electron chi connectivity index (χ2n) is 6.57. The summed E-state index contributed by atoms with van der Waals surface area (Å²) < 4.78 is 22.9. The van der Waals surface area contributed by atoms with Crippen molar-refractivity contribution in [3.63, 3.8) is 0 Å². The molecule has 0 saturated heterocycles. The molecule has 1 N–H and O–H groups in total. The minimum absolute atomic E-state index is 0.0774. The van der Waals surface area contributed by atoms with Crippen LogP contribution in [0.15, 0.2) is 39.9 Å². The van der Waals surface area contributed by atoms with E-state index in [1.807, 2.05) is 30.3 Å². The van der Waals surface area contributed by atoms with E-state index in [4.69, 9.17) is 18.9 Å². The third-order valence-electron chi connectivity index (χ3n) is 4.50. The van der Waals surface area contributed by atoms with Gasteiger partial charge in [-0.2, -0.15) is 0 Å². The van der Waals surface area contributed by atoms with Gasteiger partial charge in [-0.15, -0.1) is 0 Å². The molecule has 0 atom stereocenters. The lowest BCUT2D eigenvalue weighted by atomic mass is 10.1. The van der Waals surface area contributed by atoms with Crippen LogP contribution in [0.25, 0.3) is 0 Å². The number of hydrogen-bond acceptors (Lipinski definition) is 7. The molecule has 0 aliphatic heterocycles. The quantitative estimate of drug-likeness (QED) is 0.446. The van der Waals surface area contributed by atoms with Gasteiger partial charge in [-0.3, -0.25) is 13.9 Å². The molecule has 1 heterocycles. The van der Waals surface area contributed by atoms with Gasteiger partial charge in [-0.05, 0) is 5.56 Å². The topological polar surface area (TPSA) is 101 Å². The van der Waals surface area contributed by atoms with Gasteiger partial charge in [0.2, 0.25) is 5.88 Å². The Hall–Kier alpha value is -2.46. The van der Waals surface area contributed by atoms with Crippen molar-refractivity contribution < 1.29 is 24.1 Å². The van der Waals surface area contributed by atoms with Crippen LogP contribution in [0.1, 0.15) is 11.1 Å². The monoisotopic (exact) mass is 422 g/mol. The van der Waals surface area contributed by atoms with Crippen molar-refractivity contribution in [2.45, 2.75) is 19.5 Å². The first-order valence-electron chi connectivity index (χ1n) is 9.83. The predicted octanol–water partition coefficient (Wildman–Crippen LogP) is 0.632. The summed E-state index contributed by atoms with van der Waals surface area (Å²) in [6.45, 7) is 2.15. The molecular weight excluding hydrogens is 392 g/mol. The first-order chi connectivity index (χ1) is 14.6. The Morgan fingerprint density at radius 2 is 1.37 bits per heavy atom. The molecule has 0 aliphatic carbocycles. The average Bonchev–Trinajstić information content (AvgIpc) is 2.76. The van der Waals surface area contributed by atoms with Gasteiger partial charge in [0.25, 0.3) is 5.56 Å². The Kier molecular flexibility index (Phi) is 10.3. The van der Waals surface area contributed by atoms with Crippen molar-refractivity contribution in [1.29, 1.82) is 0 Å². The van der Waals surface area contributed by atoms with Crippen LogP contribution in [0.2, 0.25) is 0 Å². The fraction of sp³-hybridized carbons (Fsp3) is 0.524. The largest absolute Gasteiger partial charge is 0.494 e. The lowest BCUT2D eigenvalue weighted by Gasteiger charge is -2.16. The van der Waals surface area contributed by atoms with E-state index in [0.717, 1.165) is 10.1 Å². The highest BCUT2D eigenvalue weighted by Gasteiger charge is 2.19. The smallest absolute Gasteiger partial charge is 0.333 e. The molecule has 0 radical (unpaired) electrons. The Bertz CT molecular complexity index is 877. The molecule has 2 rings (SSSR count). The molecule has 0 bridgehead atoms. The Balaban J connectivity index is 2.29. The normalized spacial score (nSPS) is 11.1. The molecule has 0 fully saturated rings. The van der Waals surface area contributed by atoms with Crippen LogP contribution in [0.5, 0.6) is 5.88 Å². The Morgan fingerprint density at radius 1 is 0.800 bits per heavy atom. The van der Waals surface area contributed by atoms with Crippen molar-refractivity contribution in [2.24, 2.45) is 0 Å². The van der Waals surface area contributed by atoms with E-state index in [1.165, 1.54) is 4.57 Å². The van der Waals surface area contributed by atoms with Crippen LogP contribution in [0, 0.1) is 0 Å². The summed E-state index contributed by atoms with van der Waals surface area (Å²) in [4.78, 5) is 25.8. The molecule has 1 aromatic heterocycles. The van der Waals surface area contributed by atoms with Gasteiger partial charge in [-0.25, -0.2) is 4.79 Å². The number of methoxy groups -OCH3 is 2. The van der Waals surface area contributed by atoms with Crippen molar-refractivity contribution in [1.82, 2.24) is 9.13 Å². The van der Waals surface area contributed by atoms with Crippen LogP contribution < -0.4 is 11.2 Å². The molecule has 0 aliphatic rings. The molecule has 0 saturated carbocycles. The maximum atomic E-state index is 13.0. The molecule has 30 heavy (non-hydrogen) atoms. The summed E-state index contributed by atoms with van der Waals surface area (Å²) in [5, 5.41) is 10.7. The van der Waals surface area contributed by atoms with Gasteiger partial charge in [0.05, 0.1) is 58.3 Å². The number of aromatic hydroxyl groups is 1. The van der Waals surface area contributed by atoms with Crippen LogP contribution in [0.4, 0.5) is 0 Å². The molecule has 166 valence electrons. The Labute approximate surface area is 175 Å². The van der Waals surface area contributed by atoms with Crippen molar-refractivity contribution in [3.05, 3.63) is 62.3 Å². The molecule has 1 aromatic carbocycles. The summed E-state index contributed by atoms with van der Waals surface area (Å²) in [6, 6.07) is 9.31. The summed E-state index contributed by atoms with van der Waals surface area (Å²) in [5.41, 5.74) is -0.0999. The van der Waals surface area contributed by atoms with Gasteiger partial charge in [0.1, 0.15) is 0 Å². The summed E-state index contributed by atoms with van der Waals surface area (Å²) >= 11 is 0. The SMILES string of the molecule is COCCOCCn1c(O)c(Cc2ccccc2)c(=O)n(CCOCCOC)c1=O. The molecule has 9 heteroatoms. The molecule has 0 spiro atoms. The van der Waals surface area contributed by atoms with Crippen LogP contribution in [0.3, 0.4) is 0 Å². The minimum atomic E-state index is -0.597. The molecule has 2 aromatic rings. The zero-order valence-corrected chi connectivity index (χ0v) is 17.5. The van der Waals surface area contributed by atoms with Gasteiger partial charge in [-0.1, -0.05) is 30.3 Å². The Morgan fingerprint density at radius 3 is 1.93 bits per heavy atom. The van der Waals surface area contributed by atoms with E-state index in [9.17, 15) is 14.7 Å². The van der Waals surface area contributed by atoms with Crippen LogP contribution in [-0.4, -0.2) is 68.1 Å². The van der Waals surface area contributed by atoms with Gasteiger partial charge >= 0.3 is 5.69 Å². The van der Waals surface area contributed by atoms with Crippen molar-refractivity contribution in [3.8, 4) is 5.88 Å². The van der Waals surface area contributed by atoms with Crippen molar-refractivity contribution in [2.75, 3.05) is 53.9 Å². The number of rotatable bonds is 14. The molecular formula is C21H30N2O7. The van der Waals surface area contributed by atoms with E-state index in [1.54, 1.807) is 14.2 Å². The average molecular weight is 422 g/mol. The highest BCUT2D eigenvalue weighted by atomic mass is 16.5. The lowest BCUT2D eigenvalue weighted by Crippen LogP contribution is -2.43. The lowest BCUT2D eigenvalue weighted by molar-refractivity contribution is 0.0626. The summed E-state index contributed by atoms with van der Waals surface area (Å²) in [6.07, 6.45) is 0.209. The van der Waals surface area contributed by atoms with E-state index < -0.39 is 11.2 Å². The third-order valence-corrected chi connectivity index (χ3v) is 4.50. The first kappa shape index (κ1) is 23.8. The zero-order valence-electron chi connectivity index (χ0n) is 17.5. The molecule has 0 unspecified atom stereocenters. The van der Waals surface area contributed by atoms with Crippen LogP contribution in [-0.2, 0) is 38.5 Å². The van der Waals surface area contributed by atoms with E-state index in [-0.39, 0.29) is 44.2 Å². The van der Waals surface area contributed by atoms with Crippen LogP contribution >= 0.6 is 0 Å². The van der Waals surface area contributed by atoms with E-state index >= 15 is 0 Å². The number of hydrogen-bond donors (Lipinski definition) is 1. The van der Waals surface area contributed by atoms with Gasteiger partial charge in [0.15, 0.2) is 0 Å². The second-order valence-corrected chi connectivity index (χ2v) is 6.57. The maximum Gasteiger partial charge on any atom is 0.333 e. The fourth-order valence-corrected chi connectivity index (χ4v) is 2.90. The van der Waals surface area contributed by atoms with Gasteiger partial charge in [0, 0.05) is 20.6 Å². The molecule has 9 nitrogen and oxygen atoms in total. The summed E-state index contributed by atoms with van der Waals surface area (Å²) in [5.74, 6) is -0.333. The number of benzene rings is 1. The first-order valence-corrected chi connectivity index (χ1v) is 9.83. The van der Waals surface area contributed by atoms with E-state index in [0.29, 0.717) is 26.4 Å².